The van der Waals surface area contributed by atoms with Gasteiger partial charge in [-0.3, -0.25) is 4.79 Å². The van der Waals surface area contributed by atoms with Crippen molar-refractivity contribution in [1.82, 2.24) is 10.3 Å². The highest BCUT2D eigenvalue weighted by Gasteiger charge is 2.15. The third-order valence-corrected chi connectivity index (χ3v) is 5.28. The number of aryl methyl sites for hydroxylation is 2. The molecule has 1 amide bonds. The summed E-state index contributed by atoms with van der Waals surface area (Å²) in [5, 5.41) is 4.28. The number of aromatic amines is 1. The number of benzene rings is 2. The van der Waals surface area contributed by atoms with E-state index in [2.05, 4.69) is 41.5 Å². The van der Waals surface area contributed by atoms with Crippen LogP contribution in [0.15, 0.2) is 48.7 Å². The number of hydrogen-bond donors (Lipinski definition) is 2. The van der Waals surface area contributed by atoms with Crippen molar-refractivity contribution in [1.29, 1.82) is 0 Å². The molecule has 4 rings (SSSR count). The first-order valence-electron chi connectivity index (χ1n) is 9.17. The molecule has 3 heteroatoms. The average Bonchev–Trinajstić information content (AvgIpc) is 3.04. The number of fused-ring (bicyclic) bond motifs is 2. The summed E-state index contributed by atoms with van der Waals surface area (Å²) in [7, 11) is 0. The first-order chi connectivity index (χ1) is 12.2. The van der Waals surface area contributed by atoms with Gasteiger partial charge in [0.15, 0.2) is 0 Å². The number of para-hydroxylation sites is 1. The minimum Gasteiger partial charge on any atom is -0.361 e. The molecular formula is C22H24N2O. The maximum Gasteiger partial charge on any atom is 0.224 e. The summed E-state index contributed by atoms with van der Waals surface area (Å²) in [6.45, 7) is 2.07. The molecule has 3 aromatic rings. The molecule has 0 spiro atoms. The van der Waals surface area contributed by atoms with Crippen molar-refractivity contribution in [2.24, 2.45) is 0 Å². The molecule has 1 atom stereocenters. The Hall–Kier alpha value is -2.55. The van der Waals surface area contributed by atoms with Gasteiger partial charge in [-0.15, -0.1) is 0 Å². The summed E-state index contributed by atoms with van der Waals surface area (Å²) in [5.41, 5.74) is 6.26. The van der Waals surface area contributed by atoms with Gasteiger partial charge < -0.3 is 10.3 Å². The lowest BCUT2D eigenvalue weighted by Gasteiger charge is -2.20. The fourth-order valence-electron chi connectivity index (χ4n) is 3.85. The molecule has 0 fully saturated rings. The second-order valence-electron chi connectivity index (χ2n) is 7.06. The number of aromatic nitrogens is 1. The number of nitrogens with one attached hydrogen (secondary N) is 2. The summed E-state index contributed by atoms with van der Waals surface area (Å²) in [6.07, 6.45) is 7.27. The molecule has 1 heterocycles. The maximum absolute atomic E-state index is 12.5. The molecule has 0 saturated carbocycles. The van der Waals surface area contributed by atoms with Crippen LogP contribution in [0.3, 0.4) is 0 Å². The van der Waals surface area contributed by atoms with Gasteiger partial charge in [-0.25, -0.2) is 0 Å². The topological polar surface area (TPSA) is 44.9 Å². The lowest BCUT2D eigenvalue weighted by molar-refractivity contribution is -0.121. The molecule has 128 valence electrons. The SMILES string of the molecule is C[C@H](NC(=O)Cc1c[nH]c2ccccc12)c1ccc2c(c1)CCCC2. The van der Waals surface area contributed by atoms with Crippen molar-refractivity contribution in [2.45, 2.75) is 45.1 Å². The zero-order valence-corrected chi connectivity index (χ0v) is 14.6. The summed E-state index contributed by atoms with van der Waals surface area (Å²) in [4.78, 5) is 15.7. The second kappa shape index (κ2) is 6.75. The number of H-pyrrole nitrogens is 1. The molecule has 1 aromatic heterocycles. The van der Waals surface area contributed by atoms with Crippen LogP contribution in [0.5, 0.6) is 0 Å². The van der Waals surface area contributed by atoms with Crippen LogP contribution in [0.1, 0.15) is 48.1 Å². The fourth-order valence-corrected chi connectivity index (χ4v) is 3.85. The molecule has 0 aliphatic heterocycles. The van der Waals surface area contributed by atoms with Crippen LogP contribution in [-0.4, -0.2) is 10.9 Å². The number of amides is 1. The minimum absolute atomic E-state index is 0.0323. The van der Waals surface area contributed by atoms with E-state index < -0.39 is 0 Å². The Balaban J connectivity index is 1.45. The number of carbonyl (C=O) groups is 1. The number of rotatable bonds is 4. The van der Waals surface area contributed by atoms with E-state index in [0.717, 1.165) is 16.5 Å². The van der Waals surface area contributed by atoms with Gasteiger partial charge in [-0.2, -0.15) is 0 Å². The standard InChI is InChI=1S/C22H24N2O/c1-15(17-11-10-16-6-2-3-7-18(16)12-17)24-22(25)13-19-14-23-21-9-5-4-8-20(19)21/h4-5,8-12,14-15,23H,2-3,6-7,13H2,1H3,(H,24,25)/t15-/m0/s1. The third-order valence-electron chi connectivity index (χ3n) is 5.28. The fraction of sp³-hybridized carbons (Fsp3) is 0.318. The van der Waals surface area contributed by atoms with Gasteiger partial charge in [0, 0.05) is 17.1 Å². The largest absolute Gasteiger partial charge is 0.361 e. The average molecular weight is 332 g/mol. The molecule has 0 radical (unpaired) electrons. The van der Waals surface area contributed by atoms with Gasteiger partial charge in [-0.05, 0) is 60.9 Å². The third kappa shape index (κ3) is 3.32. The minimum atomic E-state index is 0.0323. The van der Waals surface area contributed by atoms with Crippen molar-refractivity contribution in [3.05, 3.63) is 70.9 Å². The van der Waals surface area contributed by atoms with Crippen LogP contribution < -0.4 is 5.32 Å². The summed E-state index contributed by atoms with van der Waals surface area (Å²) in [5.74, 6) is 0.0648. The monoisotopic (exact) mass is 332 g/mol. The molecule has 25 heavy (non-hydrogen) atoms. The van der Waals surface area contributed by atoms with E-state index >= 15 is 0 Å². The van der Waals surface area contributed by atoms with E-state index in [1.165, 1.54) is 42.4 Å². The van der Waals surface area contributed by atoms with Crippen LogP contribution in [0, 0.1) is 0 Å². The predicted molar refractivity (Wildman–Crippen MR) is 102 cm³/mol. The number of carbonyl (C=O) groups excluding carboxylic acids is 1. The van der Waals surface area contributed by atoms with Crippen molar-refractivity contribution in [3.8, 4) is 0 Å². The lowest BCUT2D eigenvalue weighted by atomic mass is 9.89. The van der Waals surface area contributed by atoms with E-state index in [9.17, 15) is 4.79 Å². The Morgan fingerprint density at radius 2 is 1.92 bits per heavy atom. The zero-order chi connectivity index (χ0) is 17.2. The van der Waals surface area contributed by atoms with Gasteiger partial charge in [0.25, 0.3) is 0 Å². The summed E-state index contributed by atoms with van der Waals surface area (Å²) >= 11 is 0. The molecule has 1 aliphatic rings. The highest BCUT2D eigenvalue weighted by atomic mass is 16.1. The van der Waals surface area contributed by atoms with Crippen molar-refractivity contribution in [2.75, 3.05) is 0 Å². The van der Waals surface area contributed by atoms with Crippen LogP contribution in [0.4, 0.5) is 0 Å². The Bertz CT molecular complexity index is 909. The van der Waals surface area contributed by atoms with Crippen LogP contribution >= 0.6 is 0 Å². The molecule has 3 nitrogen and oxygen atoms in total. The first-order valence-corrected chi connectivity index (χ1v) is 9.17. The normalized spacial score (nSPS) is 14.9. The summed E-state index contributed by atoms with van der Waals surface area (Å²) < 4.78 is 0. The van der Waals surface area contributed by atoms with E-state index in [-0.39, 0.29) is 11.9 Å². The van der Waals surface area contributed by atoms with Crippen LogP contribution in [-0.2, 0) is 24.1 Å². The van der Waals surface area contributed by atoms with Crippen molar-refractivity contribution >= 4 is 16.8 Å². The van der Waals surface area contributed by atoms with E-state index in [4.69, 9.17) is 0 Å². The molecule has 1 aliphatic carbocycles. The second-order valence-corrected chi connectivity index (χ2v) is 7.06. The first kappa shape index (κ1) is 15.9. The van der Waals surface area contributed by atoms with Crippen LogP contribution in [0.2, 0.25) is 0 Å². The Morgan fingerprint density at radius 3 is 2.80 bits per heavy atom. The van der Waals surface area contributed by atoms with Gasteiger partial charge in [0.05, 0.1) is 12.5 Å². The molecule has 0 saturated heterocycles. The maximum atomic E-state index is 12.5. The zero-order valence-electron chi connectivity index (χ0n) is 14.6. The van der Waals surface area contributed by atoms with Crippen molar-refractivity contribution < 1.29 is 4.79 Å². The van der Waals surface area contributed by atoms with E-state index in [0.29, 0.717) is 6.42 Å². The molecule has 0 bridgehead atoms. The van der Waals surface area contributed by atoms with Crippen LogP contribution in [0.25, 0.3) is 10.9 Å². The quantitative estimate of drug-likeness (QED) is 0.727. The molecule has 2 N–H and O–H groups in total. The highest BCUT2D eigenvalue weighted by molar-refractivity contribution is 5.88. The smallest absolute Gasteiger partial charge is 0.224 e. The van der Waals surface area contributed by atoms with Gasteiger partial charge in [0.2, 0.25) is 5.91 Å². The van der Waals surface area contributed by atoms with E-state index in [1.807, 2.05) is 24.4 Å². The Morgan fingerprint density at radius 1 is 1.12 bits per heavy atom. The summed E-state index contributed by atoms with van der Waals surface area (Å²) in [6, 6.07) is 14.8. The highest BCUT2D eigenvalue weighted by Crippen LogP contribution is 2.25. The van der Waals surface area contributed by atoms with E-state index in [1.54, 1.807) is 0 Å². The van der Waals surface area contributed by atoms with Gasteiger partial charge in [-0.1, -0.05) is 36.4 Å². The molecule has 0 unspecified atom stereocenters. The molecular weight excluding hydrogens is 308 g/mol. The van der Waals surface area contributed by atoms with Crippen molar-refractivity contribution in [3.63, 3.8) is 0 Å². The Kier molecular flexibility index (Phi) is 4.31. The lowest BCUT2D eigenvalue weighted by Crippen LogP contribution is -2.28. The van der Waals surface area contributed by atoms with Gasteiger partial charge in [0.1, 0.15) is 0 Å². The number of hydrogen-bond acceptors (Lipinski definition) is 1. The molecule has 2 aromatic carbocycles. The Labute approximate surface area is 148 Å². The predicted octanol–water partition coefficient (Wildman–Crippen LogP) is 4.47. The van der Waals surface area contributed by atoms with Gasteiger partial charge >= 0.3 is 0 Å².